The van der Waals surface area contributed by atoms with Gasteiger partial charge in [-0.05, 0) is 36.4 Å². The van der Waals surface area contributed by atoms with Gasteiger partial charge in [-0.3, -0.25) is 4.72 Å². The van der Waals surface area contributed by atoms with Gasteiger partial charge < -0.3 is 10.1 Å². The molecule has 0 radical (unpaired) electrons. The van der Waals surface area contributed by atoms with Crippen LogP contribution in [0.15, 0.2) is 46.0 Å². The van der Waals surface area contributed by atoms with Crippen molar-refractivity contribution in [2.45, 2.75) is 23.2 Å². The third-order valence-corrected chi connectivity index (χ3v) is 6.82. The summed E-state index contributed by atoms with van der Waals surface area (Å²) in [5, 5.41) is 4.91. The third-order valence-electron chi connectivity index (χ3n) is 4.08. The molecule has 0 amide bonds. The van der Waals surface area contributed by atoms with Crippen LogP contribution >= 0.6 is 11.3 Å². The van der Waals surface area contributed by atoms with E-state index in [2.05, 4.69) is 20.0 Å². The zero-order valence-electron chi connectivity index (χ0n) is 13.9. The van der Waals surface area contributed by atoms with Crippen molar-refractivity contribution in [3.8, 4) is 0 Å². The van der Waals surface area contributed by atoms with E-state index in [4.69, 9.17) is 4.74 Å². The van der Waals surface area contributed by atoms with Crippen LogP contribution in [0.1, 0.15) is 12.8 Å². The van der Waals surface area contributed by atoms with E-state index in [-0.39, 0.29) is 16.1 Å². The molecule has 1 fully saturated rings. The highest BCUT2D eigenvalue weighted by Crippen LogP contribution is 2.26. The summed E-state index contributed by atoms with van der Waals surface area (Å²) in [5.41, 5.74) is 1.32. The van der Waals surface area contributed by atoms with Crippen molar-refractivity contribution in [2.75, 3.05) is 23.2 Å². The molecule has 3 aromatic rings. The van der Waals surface area contributed by atoms with E-state index in [1.165, 1.54) is 0 Å². The average molecular weight is 390 g/mol. The molecule has 0 aliphatic carbocycles. The predicted octanol–water partition coefficient (Wildman–Crippen LogP) is 3.08. The molecule has 26 heavy (non-hydrogen) atoms. The van der Waals surface area contributed by atoms with Crippen molar-refractivity contribution in [3.63, 3.8) is 0 Å². The first-order valence-corrected chi connectivity index (χ1v) is 10.7. The van der Waals surface area contributed by atoms with Crippen molar-refractivity contribution in [3.05, 3.63) is 41.8 Å². The van der Waals surface area contributed by atoms with Gasteiger partial charge in [0.1, 0.15) is 4.21 Å². The maximum Gasteiger partial charge on any atom is 0.272 e. The Labute approximate surface area is 155 Å². The molecule has 7 nitrogen and oxygen atoms in total. The largest absolute Gasteiger partial charge is 0.376 e. The molecule has 136 valence electrons. The number of thiophene rings is 1. The Morgan fingerprint density at radius 3 is 2.54 bits per heavy atom. The van der Waals surface area contributed by atoms with Crippen LogP contribution in [0.5, 0.6) is 0 Å². The van der Waals surface area contributed by atoms with Gasteiger partial charge in [0.15, 0.2) is 11.6 Å². The zero-order chi connectivity index (χ0) is 18.0. The first kappa shape index (κ1) is 17.2. The Balaban J connectivity index is 1.67. The van der Waals surface area contributed by atoms with Gasteiger partial charge in [-0.1, -0.05) is 18.2 Å². The summed E-state index contributed by atoms with van der Waals surface area (Å²) in [6.07, 6.45) is 2.11. The van der Waals surface area contributed by atoms with Crippen LogP contribution in [-0.4, -0.2) is 37.6 Å². The molecular weight excluding hydrogens is 372 g/mol. The number of fused-ring (bicyclic) bond motifs is 1. The molecule has 2 N–H and O–H groups in total. The van der Waals surface area contributed by atoms with Crippen LogP contribution in [0.2, 0.25) is 0 Å². The van der Waals surface area contributed by atoms with Crippen molar-refractivity contribution in [2.24, 2.45) is 0 Å². The van der Waals surface area contributed by atoms with E-state index in [0.29, 0.717) is 23.4 Å². The molecular formula is C17H18N4O3S2. The summed E-state index contributed by atoms with van der Waals surface area (Å²) in [6, 6.07) is 10.6. The van der Waals surface area contributed by atoms with Gasteiger partial charge in [0.2, 0.25) is 0 Å². The summed E-state index contributed by atoms with van der Waals surface area (Å²) < 4.78 is 33.6. The molecule has 3 heterocycles. The number of aromatic nitrogens is 2. The maximum absolute atomic E-state index is 12.6. The molecule has 0 unspecified atom stereocenters. The van der Waals surface area contributed by atoms with Gasteiger partial charge in [0.05, 0.1) is 17.1 Å². The van der Waals surface area contributed by atoms with Crippen molar-refractivity contribution in [1.29, 1.82) is 0 Å². The maximum atomic E-state index is 12.6. The molecule has 4 rings (SSSR count). The Morgan fingerprint density at radius 1 is 1.12 bits per heavy atom. The second-order valence-electron chi connectivity index (χ2n) is 5.96. The minimum atomic E-state index is -3.70. The fraction of sp³-hybridized carbons (Fsp3) is 0.294. The van der Waals surface area contributed by atoms with E-state index < -0.39 is 10.0 Å². The van der Waals surface area contributed by atoms with Crippen LogP contribution in [0, 0.1) is 0 Å². The molecule has 1 aliphatic rings. The number of nitrogens with one attached hydrogen (secondary N) is 2. The van der Waals surface area contributed by atoms with Gasteiger partial charge in [-0.25, -0.2) is 18.4 Å². The van der Waals surface area contributed by atoms with E-state index in [1.807, 2.05) is 18.2 Å². The Hall–Kier alpha value is -2.23. The smallest absolute Gasteiger partial charge is 0.272 e. The molecule has 1 saturated heterocycles. The summed E-state index contributed by atoms with van der Waals surface area (Å²) in [4.78, 5) is 9.01. The fourth-order valence-electron chi connectivity index (χ4n) is 2.80. The third kappa shape index (κ3) is 3.64. The van der Waals surface area contributed by atoms with E-state index in [0.717, 1.165) is 30.8 Å². The average Bonchev–Trinajstić information content (AvgIpc) is 3.33. The molecule has 0 saturated carbocycles. The standard InChI is InChI=1S/C17H18N4O3S2/c22-26(23,15-8-4-10-25-15)21-17-16(18-11-12-5-3-9-24-12)19-13-6-1-2-7-14(13)20-17/h1-2,4,6-8,10,12H,3,5,9,11H2,(H,18,19)(H,20,21)/t12-/m1/s1. The monoisotopic (exact) mass is 390 g/mol. The first-order chi connectivity index (χ1) is 12.6. The molecule has 9 heteroatoms. The molecule has 2 aromatic heterocycles. The van der Waals surface area contributed by atoms with Crippen LogP contribution in [0.3, 0.4) is 0 Å². The van der Waals surface area contributed by atoms with Crippen molar-refractivity contribution >= 4 is 44.0 Å². The second-order valence-corrected chi connectivity index (χ2v) is 8.82. The number of ether oxygens (including phenoxy) is 1. The number of rotatable bonds is 6. The highest BCUT2D eigenvalue weighted by Gasteiger charge is 2.21. The van der Waals surface area contributed by atoms with Gasteiger partial charge in [-0.2, -0.15) is 0 Å². The normalized spacial score (nSPS) is 17.5. The summed E-state index contributed by atoms with van der Waals surface area (Å²) in [6.45, 7) is 1.31. The Bertz CT molecular complexity index is 1000. The quantitative estimate of drug-likeness (QED) is 0.672. The molecule has 0 bridgehead atoms. The van der Waals surface area contributed by atoms with Crippen LogP contribution in [-0.2, 0) is 14.8 Å². The van der Waals surface area contributed by atoms with Gasteiger partial charge in [0.25, 0.3) is 10.0 Å². The number of para-hydroxylation sites is 2. The lowest BCUT2D eigenvalue weighted by Gasteiger charge is -2.15. The van der Waals surface area contributed by atoms with Gasteiger partial charge >= 0.3 is 0 Å². The van der Waals surface area contributed by atoms with Crippen LogP contribution in [0.25, 0.3) is 11.0 Å². The number of hydrogen-bond acceptors (Lipinski definition) is 7. The molecule has 1 aromatic carbocycles. The lowest BCUT2D eigenvalue weighted by molar-refractivity contribution is 0.120. The van der Waals surface area contributed by atoms with E-state index >= 15 is 0 Å². The minimum Gasteiger partial charge on any atom is -0.376 e. The van der Waals surface area contributed by atoms with Crippen molar-refractivity contribution < 1.29 is 13.2 Å². The number of nitrogens with zero attached hydrogens (tertiary/aromatic N) is 2. The second kappa shape index (κ2) is 7.18. The molecule has 1 aliphatic heterocycles. The van der Waals surface area contributed by atoms with Gasteiger partial charge in [0, 0.05) is 13.2 Å². The fourth-order valence-corrected chi connectivity index (χ4v) is 4.81. The Morgan fingerprint density at radius 2 is 1.88 bits per heavy atom. The Kier molecular flexibility index (Phi) is 4.75. The SMILES string of the molecule is O=S(=O)(Nc1nc2ccccc2nc1NC[C@H]1CCCO1)c1cccs1. The highest BCUT2D eigenvalue weighted by atomic mass is 32.2. The van der Waals surface area contributed by atoms with Crippen LogP contribution in [0.4, 0.5) is 11.6 Å². The first-order valence-electron chi connectivity index (χ1n) is 8.30. The number of benzene rings is 1. The summed E-state index contributed by atoms with van der Waals surface area (Å²) in [7, 11) is -3.70. The topological polar surface area (TPSA) is 93.2 Å². The lowest BCUT2D eigenvalue weighted by Crippen LogP contribution is -2.21. The van der Waals surface area contributed by atoms with Crippen molar-refractivity contribution in [1.82, 2.24) is 9.97 Å². The highest BCUT2D eigenvalue weighted by molar-refractivity contribution is 7.94. The summed E-state index contributed by atoms with van der Waals surface area (Å²) >= 11 is 1.15. The van der Waals surface area contributed by atoms with Gasteiger partial charge in [-0.15, -0.1) is 11.3 Å². The zero-order valence-corrected chi connectivity index (χ0v) is 15.5. The van der Waals surface area contributed by atoms with E-state index in [9.17, 15) is 8.42 Å². The molecule has 1 atom stereocenters. The minimum absolute atomic E-state index is 0.102. The lowest BCUT2D eigenvalue weighted by atomic mass is 10.2. The number of sulfonamides is 1. The summed E-state index contributed by atoms with van der Waals surface area (Å²) in [5.74, 6) is 0.592. The predicted molar refractivity (Wildman–Crippen MR) is 102 cm³/mol. The number of anilines is 2. The number of hydrogen-bond donors (Lipinski definition) is 2. The van der Waals surface area contributed by atoms with E-state index in [1.54, 1.807) is 23.6 Å². The van der Waals surface area contributed by atoms with Crippen LogP contribution < -0.4 is 10.0 Å². The molecule has 0 spiro atoms.